The van der Waals surface area contributed by atoms with Crippen molar-refractivity contribution in [3.05, 3.63) is 88.7 Å². The number of ether oxygens (including phenoxy) is 2. The first kappa shape index (κ1) is 27.7. The highest BCUT2D eigenvalue weighted by molar-refractivity contribution is 5.93. The maximum atomic E-state index is 13.2. The topological polar surface area (TPSA) is 58.1 Å². The van der Waals surface area contributed by atoms with Crippen molar-refractivity contribution < 1.29 is 14.3 Å². The van der Waals surface area contributed by atoms with E-state index in [0.717, 1.165) is 74.1 Å². The van der Waals surface area contributed by atoms with E-state index in [1.807, 2.05) is 23.1 Å². The van der Waals surface area contributed by atoms with Gasteiger partial charge in [0.2, 0.25) is 0 Å². The predicted molar refractivity (Wildman–Crippen MR) is 161 cm³/mol. The third-order valence-corrected chi connectivity index (χ3v) is 8.83. The molecule has 216 valence electrons. The van der Waals surface area contributed by atoms with E-state index in [0.29, 0.717) is 25.4 Å². The van der Waals surface area contributed by atoms with E-state index < -0.39 is 0 Å². The summed E-state index contributed by atoms with van der Waals surface area (Å²) in [7, 11) is 3.86. The van der Waals surface area contributed by atoms with Crippen LogP contribution in [0.5, 0.6) is 11.5 Å². The fraction of sp³-hybridized carbons (Fsp3) is 0.471. The Kier molecular flexibility index (Phi) is 8.54. The molecule has 0 atom stereocenters. The molecule has 3 fully saturated rings. The van der Waals surface area contributed by atoms with Gasteiger partial charge in [0.05, 0.1) is 7.11 Å². The first-order valence-electron chi connectivity index (χ1n) is 15.1. The molecule has 2 saturated heterocycles. The largest absolute Gasteiger partial charge is 0.493 e. The lowest BCUT2D eigenvalue weighted by Gasteiger charge is -2.39. The molecule has 1 aromatic heterocycles. The molecule has 1 amide bonds. The Morgan fingerprint density at radius 3 is 2.37 bits per heavy atom. The molecule has 1 saturated carbocycles. The van der Waals surface area contributed by atoms with E-state index >= 15 is 0 Å². The molecule has 2 aromatic carbocycles. The molecule has 0 unspecified atom stereocenters. The van der Waals surface area contributed by atoms with Crippen molar-refractivity contribution in [2.45, 2.75) is 44.1 Å². The molecule has 41 heavy (non-hydrogen) atoms. The normalized spacial score (nSPS) is 18.2. The zero-order valence-electron chi connectivity index (χ0n) is 24.4. The van der Waals surface area contributed by atoms with Crippen molar-refractivity contribution >= 4 is 5.91 Å². The molecule has 3 heterocycles. The molecule has 7 nitrogen and oxygen atoms in total. The number of likely N-dealkylation sites (N-methyl/N-ethyl adjacent to an activating group) is 1. The molecule has 7 heteroatoms. The van der Waals surface area contributed by atoms with Crippen LogP contribution >= 0.6 is 0 Å². The highest BCUT2D eigenvalue weighted by Crippen LogP contribution is 2.40. The number of methoxy groups -OCH3 is 1. The van der Waals surface area contributed by atoms with Crippen LogP contribution < -0.4 is 9.47 Å². The number of hydrogen-bond donors (Lipinski definition) is 0. The van der Waals surface area contributed by atoms with Gasteiger partial charge >= 0.3 is 0 Å². The Morgan fingerprint density at radius 2 is 1.63 bits per heavy atom. The van der Waals surface area contributed by atoms with Gasteiger partial charge in [-0.25, -0.2) is 0 Å². The number of piperazine rings is 1. The average Bonchev–Trinajstić information content (AvgIpc) is 3.83. The van der Waals surface area contributed by atoms with Gasteiger partial charge in [-0.1, -0.05) is 30.3 Å². The molecule has 0 bridgehead atoms. The van der Waals surface area contributed by atoms with E-state index in [1.165, 1.54) is 24.0 Å². The van der Waals surface area contributed by atoms with Crippen molar-refractivity contribution in [1.29, 1.82) is 0 Å². The average molecular weight is 555 g/mol. The minimum atomic E-state index is 0.0155. The quantitative estimate of drug-likeness (QED) is 0.334. The number of amides is 1. The van der Waals surface area contributed by atoms with Crippen LogP contribution in [0.15, 0.2) is 60.8 Å². The Balaban J connectivity index is 0.985. The number of aromatic nitrogens is 1. The lowest BCUT2D eigenvalue weighted by molar-refractivity contribution is 0.0596. The maximum absolute atomic E-state index is 13.2. The van der Waals surface area contributed by atoms with Crippen LogP contribution in [0.2, 0.25) is 0 Å². The highest BCUT2D eigenvalue weighted by Gasteiger charge is 2.33. The zero-order chi connectivity index (χ0) is 28.2. The fourth-order valence-corrected chi connectivity index (χ4v) is 5.86. The summed E-state index contributed by atoms with van der Waals surface area (Å²) >= 11 is 0. The monoisotopic (exact) mass is 554 g/mol. The van der Waals surface area contributed by atoms with E-state index in [1.54, 1.807) is 13.3 Å². The summed E-state index contributed by atoms with van der Waals surface area (Å²) in [6, 6.07) is 18.9. The number of benzene rings is 2. The number of likely N-dealkylation sites (tertiary alicyclic amines) is 1. The Labute approximate surface area is 244 Å². The zero-order valence-corrected chi connectivity index (χ0v) is 24.4. The standard InChI is InChI=1S/C34H42N4O3/c1-36-16-18-37(19-17-36)15-3-4-25-13-14-35-31(20-25)34(39)38-22-30(23-38)29-11-12-32(33(21-29)40-2)41-24-26-5-7-27(8-6-26)28-9-10-28/h5-8,11-14,20-21,28,30H,3-4,9-10,15-19,22-24H2,1-2H3. The lowest BCUT2D eigenvalue weighted by Crippen LogP contribution is -2.48. The fourth-order valence-electron chi connectivity index (χ4n) is 5.86. The van der Waals surface area contributed by atoms with Crippen LogP contribution in [0.3, 0.4) is 0 Å². The summed E-state index contributed by atoms with van der Waals surface area (Å²) in [5.74, 6) is 2.53. The molecular weight excluding hydrogens is 512 g/mol. The Bertz CT molecular complexity index is 1330. The van der Waals surface area contributed by atoms with Crippen LogP contribution in [0.1, 0.15) is 63.8 Å². The third-order valence-electron chi connectivity index (χ3n) is 8.83. The summed E-state index contributed by atoms with van der Waals surface area (Å²) in [4.78, 5) is 24.4. The molecule has 3 aromatic rings. The van der Waals surface area contributed by atoms with Crippen LogP contribution in [0.25, 0.3) is 0 Å². The van der Waals surface area contributed by atoms with Crippen LogP contribution in [-0.4, -0.2) is 85.6 Å². The highest BCUT2D eigenvalue weighted by atomic mass is 16.5. The number of nitrogens with zero attached hydrogens (tertiary/aromatic N) is 4. The number of carbonyl (C=O) groups excluding carboxylic acids is 1. The minimum absolute atomic E-state index is 0.0155. The van der Waals surface area contributed by atoms with E-state index in [4.69, 9.17) is 9.47 Å². The second-order valence-electron chi connectivity index (χ2n) is 11.9. The first-order chi connectivity index (χ1) is 20.1. The summed E-state index contributed by atoms with van der Waals surface area (Å²) in [6.45, 7) is 7.55. The van der Waals surface area contributed by atoms with Gasteiger partial charge < -0.3 is 24.2 Å². The number of pyridine rings is 1. The van der Waals surface area contributed by atoms with Crippen LogP contribution in [0.4, 0.5) is 0 Å². The molecule has 0 N–H and O–H groups in total. The van der Waals surface area contributed by atoms with E-state index in [9.17, 15) is 4.79 Å². The molecular formula is C34H42N4O3. The van der Waals surface area contributed by atoms with Gasteiger partial charge in [0.25, 0.3) is 5.91 Å². The smallest absolute Gasteiger partial charge is 0.272 e. The van der Waals surface area contributed by atoms with E-state index in [2.05, 4.69) is 58.2 Å². The van der Waals surface area contributed by atoms with Gasteiger partial charge in [-0.15, -0.1) is 0 Å². The number of aryl methyl sites for hydroxylation is 1. The molecule has 6 rings (SSSR count). The van der Waals surface area contributed by atoms with Crippen molar-refractivity contribution in [2.75, 3.05) is 60.0 Å². The molecule has 3 aliphatic rings. The molecule has 1 aliphatic carbocycles. The molecule has 0 spiro atoms. The second-order valence-corrected chi connectivity index (χ2v) is 11.9. The summed E-state index contributed by atoms with van der Waals surface area (Å²) < 4.78 is 11.8. The van der Waals surface area contributed by atoms with Crippen LogP contribution in [0, 0.1) is 0 Å². The molecule has 0 radical (unpaired) electrons. The van der Waals surface area contributed by atoms with Gasteiger partial charge in [-0.05, 0) is 91.7 Å². The van der Waals surface area contributed by atoms with Gasteiger partial charge in [-0.3, -0.25) is 9.78 Å². The Hall–Kier alpha value is -3.42. The summed E-state index contributed by atoms with van der Waals surface area (Å²) in [5, 5.41) is 0. The maximum Gasteiger partial charge on any atom is 0.272 e. The predicted octanol–water partition coefficient (Wildman–Crippen LogP) is 4.97. The second kappa shape index (κ2) is 12.6. The first-order valence-corrected chi connectivity index (χ1v) is 15.1. The van der Waals surface area contributed by atoms with E-state index in [-0.39, 0.29) is 11.8 Å². The van der Waals surface area contributed by atoms with Crippen molar-refractivity contribution in [1.82, 2.24) is 19.7 Å². The lowest BCUT2D eigenvalue weighted by atomic mass is 9.90. The van der Waals surface area contributed by atoms with Crippen LogP contribution in [-0.2, 0) is 13.0 Å². The third kappa shape index (κ3) is 6.91. The van der Waals surface area contributed by atoms with Crippen molar-refractivity contribution in [3.8, 4) is 11.5 Å². The summed E-state index contributed by atoms with van der Waals surface area (Å²) in [6.07, 6.45) is 6.47. The van der Waals surface area contributed by atoms with Gasteiger partial charge in [-0.2, -0.15) is 0 Å². The minimum Gasteiger partial charge on any atom is -0.493 e. The number of rotatable bonds is 11. The van der Waals surface area contributed by atoms with Crippen molar-refractivity contribution in [2.24, 2.45) is 0 Å². The molecule has 2 aliphatic heterocycles. The Morgan fingerprint density at radius 1 is 0.878 bits per heavy atom. The summed E-state index contributed by atoms with van der Waals surface area (Å²) in [5.41, 5.74) is 5.49. The van der Waals surface area contributed by atoms with Gasteiger partial charge in [0.15, 0.2) is 11.5 Å². The van der Waals surface area contributed by atoms with Gasteiger partial charge in [0.1, 0.15) is 12.3 Å². The number of hydrogen-bond acceptors (Lipinski definition) is 6. The van der Waals surface area contributed by atoms with Gasteiger partial charge in [0, 0.05) is 51.4 Å². The van der Waals surface area contributed by atoms with Crippen molar-refractivity contribution in [3.63, 3.8) is 0 Å². The SMILES string of the molecule is COc1cc(C2CN(C(=O)c3cc(CCCN4CCN(C)CC4)ccn3)C2)ccc1OCc1ccc(C2CC2)cc1. The number of carbonyl (C=O) groups is 1.